The van der Waals surface area contributed by atoms with Gasteiger partial charge in [-0.3, -0.25) is 4.79 Å². The highest BCUT2D eigenvalue weighted by atomic mass is 32.1. The second kappa shape index (κ2) is 7.73. The summed E-state index contributed by atoms with van der Waals surface area (Å²) in [4.78, 5) is 31.7. The van der Waals surface area contributed by atoms with Crippen molar-refractivity contribution in [3.63, 3.8) is 0 Å². The van der Waals surface area contributed by atoms with E-state index in [1.807, 2.05) is 0 Å². The van der Waals surface area contributed by atoms with Crippen LogP contribution < -0.4 is 11.0 Å². The van der Waals surface area contributed by atoms with E-state index < -0.39 is 29.9 Å². The second-order valence-electron chi connectivity index (χ2n) is 7.71. The summed E-state index contributed by atoms with van der Waals surface area (Å²) in [6.07, 6.45) is 1.91. The Hall–Kier alpha value is -3.21. The largest absolute Gasteiger partial charge is 0.418 e. The van der Waals surface area contributed by atoms with Gasteiger partial charge in [-0.1, -0.05) is 18.6 Å². The number of para-hydroxylation sites is 1. The van der Waals surface area contributed by atoms with Crippen LogP contribution in [0.2, 0.25) is 0 Å². The van der Waals surface area contributed by atoms with Gasteiger partial charge in [0.2, 0.25) is 5.91 Å². The molecule has 0 spiro atoms. The molecule has 1 N–H and O–H groups in total. The van der Waals surface area contributed by atoms with Gasteiger partial charge in [-0.05, 0) is 43.4 Å². The molecule has 0 atom stereocenters. The van der Waals surface area contributed by atoms with Gasteiger partial charge in [-0.2, -0.15) is 13.2 Å². The number of fused-ring (bicyclic) bond motifs is 5. The number of amides is 1. The van der Waals surface area contributed by atoms with Gasteiger partial charge in [0.25, 0.3) is 0 Å². The van der Waals surface area contributed by atoms with Crippen LogP contribution in [0, 0.1) is 0 Å². The average molecular weight is 461 g/mol. The summed E-state index contributed by atoms with van der Waals surface area (Å²) in [5.74, 6) is -0.777. The molecule has 3 aromatic heterocycles. The maximum Gasteiger partial charge on any atom is 0.418 e. The molecule has 1 aliphatic rings. The zero-order valence-electron chi connectivity index (χ0n) is 16.8. The number of rotatable bonds is 3. The summed E-state index contributed by atoms with van der Waals surface area (Å²) in [5.41, 5.74) is -0.317. The van der Waals surface area contributed by atoms with Gasteiger partial charge >= 0.3 is 11.9 Å². The van der Waals surface area contributed by atoms with Crippen LogP contribution in [0.5, 0.6) is 0 Å². The van der Waals surface area contributed by atoms with E-state index in [1.54, 1.807) is 11.3 Å². The fourth-order valence-corrected chi connectivity index (χ4v) is 5.35. The quantitative estimate of drug-likeness (QED) is 0.467. The van der Waals surface area contributed by atoms with E-state index >= 15 is 0 Å². The van der Waals surface area contributed by atoms with E-state index in [0.717, 1.165) is 58.6 Å². The molecule has 1 amide bonds. The van der Waals surface area contributed by atoms with Crippen LogP contribution in [0.25, 0.3) is 15.9 Å². The molecule has 4 aromatic rings. The molecule has 0 bridgehead atoms. The number of hydrogen-bond acceptors (Lipinski definition) is 5. The molecular formula is C21H18F3N5O2S. The molecule has 0 radical (unpaired) electrons. The highest BCUT2D eigenvalue weighted by Gasteiger charge is 2.33. The summed E-state index contributed by atoms with van der Waals surface area (Å²) in [5, 5.41) is 7.43. The van der Waals surface area contributed by atoms with Crippen molar-refractivity contribution in [3.8, 4) is 0 Å². The van der Waals surface area contributed by atoms with Gasteiger partial charge in [0.15, 0.2) is 5.65 Å². The predicted octanol–water partition coefficient (Wildman–Crippen LogP) is 4.03. The molecular weight excluding hydrogens is 443 g/mol. The molecule has 3 heterocycles. The van der Waals surface area contributed by atoms with Gasteiger partial charge in [-0.25, -0.2) is 18.9 Å². The van der Waals surface area contributed by atoms with E-state index in [4.69, 9.17) is 0 Å². The number of benzene rings is 1. The predicted molar refractivity (Wildman–Crippen MR) is 114 cm³/mol. The Morgan fingerprint density at radius 2 is 1.94 bits per heavy atom. The Kier molecular flexibility index (Phi) is 5.00. The number of halogens is 3. The summed E-state index contributed by atoms with van der Waals surface area (Å²) in [6, 6.07) is 4.69. The number of carbonyl (C=O) groups is 1. The maximum atomic E-state index is 13.2. The minimum atomic E-state index is -4.61. The molecule has 1 aliphatic carbocycles. The van der Waals surface area contributed by atoms with Crippen LogP contribution in [0.15, 0.2) is 35.4 Å². The van der Waals surface area contributed by atoms with Crippen molar-refractivity contribution >= 4 is 38.8 Å². The van der Waals surface area contributed by atoms with Crippen LogP contribution in [0.3, 0.4) is 0 Å². The molecule has 5 rings (SSSR count). The van der Waals surface area contributed by atoms with Crippen molar-refractivity contribution < 1.29 is 18.0 Å². The first-order valence-electron chi connectivity index (χ1n) is 10.2. The third kappa shape index (κ3) is 3.56. The average Bonchev–Trinajstić information content (AvgIpc) is 3.15. The Labute approximate surface area is 183 Å². The molecule has 0 fully saturated rings. The zero-order chi connectivity index (χ0) is 22.5. The van der Waals surface area contributed by atoms with E-state index in [9.17, 15) is 22.8 Å². The van der Waals surface area contributed by atoms with Crippen molar-refractivity contribution in [1.82, 2.24) is 19.2 Å². The second-order valence-corrected chi connectivity index (χ2v) is 8.80. The number of aryl methyl sites for hydroxylation is 2. The lowest BCUT2D eigenvalue weighted by atomic mass is 10.1. The fourth-order valence-electron chi connectivity index (χ4n) is 4.12. The number of thiophene rings is 1. The van der Waals surface area contributed by atoms with Gasteiger partial charge in [0.1, 0.15) is 17.7 Å². The molecule has 7 nitrogen and oxygen atoms in total. The number of nitrogens with zero attached hydrogens (tertiary/aromatic N) is 4. The van der Waals surface area contributed by atoms with Gasteiger partial charge in [-0.15, -0.1) is 16.4 Å². The Morgan fingerprint density at radius 3 is 2.75 bits per heavy atom. The molecule has 0 saturated carbocycles. The maximum absolute atomic E-state index is 13.2. The minimum Gasteiger partial charge on any atom is -0.324 e. The lowest BCUT2D eigenvalue weighted by Gasteiger charge is -2.13. The standard InChI is InChI=1S/C21H18F3N5O2S/c22-21(23,24)13-7-4-5-8-14(13)26-16(30)10-29-20(31)28-11-25-19-17(18(28)27-29)12-6-2-1-3-9-15(12)32-19/h4-5,7-8,11H,1-3,6,9-10H2,(H,26,30). The minimum absolute atomic E-state index is 0.367. The highest BCUT2D eigenvalue weighted by Crippen LogP contribution is 2.36. The van der Waals surface area contributed by atoms with Crippen molar-refractivity contribution in [1.29, 1.82) is 0 Å². The highest BCUT2D eigenvalue weighted by molar-refractivity contribution is 7.19. The molecule has 0 unspecified atom stereocenters. The van der Waals surface area contributed by atoms with Crippen molar-refractivity contribution in [2.75, 3.05) is 5.32 Å². The van der Waals surface area contributed by atoms with Crippen LogP contribution >= 0.6 is 11.3 Å². The van der Waals surface area contributed by atoms with Crippen LogP contribution in [-0.4, -0.2) is 25.1 Å². The van der Waals surface area contributed by atoms with Crippen molar-refractivity contribution in [2.45, 2.75) is 44.8 Å². The van der Waals surface area contributed by atoms with E-state index in [-0.39, 0.29) is 5.69 Å². The Bertz CT molecular complexity index is 1400. The van der Waals surface area contributed by atoms with E-state index in [0.29, 0.717) is 5.65 Å². The Balaban J connectivity index is 1.50. The fraction of sp³-hybridized carbons (Fsp3) is 0.333. The first-order valence-corrected chi connectivity index (χ1v) is 11.0. The number of aromatic nitrogens is 4. The van der Waals surface area contributed by atoms with Crippen molar-refractivity contribution in [3.05, 3.63) is 57.1 Å². The van der Waals surface area contributed by atoms with Crippen LogP contribution in [0.1, 0.15) is 35.3 Å². The van der Waals surface area contributed by atoms with Crippen LogP contribution in [-0.2, 0) is 30.4 Å². The number of carbonyl (C=O) groups excluding carboxylic acids is 1. The summed E-state index contributed by atoms with van der Waals surface area (Å²) < 4.78 is 41.8. The van der Waals surface area contributed by atoms with Crippen molar-refractivity contribution in [2.24, 2.45) is 0 Å². The lowest BCUT2D eigenvalue weighted by Crippen LogP contribution is -2.28. The first kappa shape index (κ1) is 20.7. The molecule has 166 valence electrons. The summed E-state index contributed by atoms with van der Waals surface area (Å²) in [7, 11) is 0. The van der Waals surface area contributed by atoms with E-state index in [1.165, 1.54) is 33.8 Å². The van der Waals surface area contributed by atoms with Gasteiger partial charge in [0, 0.05) is 4.88 Å². The third-order valence-electron chi connectivity index (χ3n) is 5.59. The van der Waals surface area contributed by atoms with Gasteiger partial charge in [0.05, 0.1) is 16.6 Å². The van der Waals surface area contributed by atoms with Crippen LogP contribution in [0.4, 0.5) is 18.9 Å². The number of nitrogens with one attached hydrogen (secondary N) is 1. The summed E-state index contributed by atoms with van der Waals surface area (Å²) in [6.45, 7) is -0.513. The monoisotopic (exact) mass is 461 g/mol. The first-order chi connectivity index (χ1) is 15.3. The SMILES string of the molecule is O=C(Cn1nc2c3c4c(sc3ncn2c1=O)CCCCC4)Nc1ccccc1C(F)(F)F. The number of hydrogen-bond donors (Lipinski definition) is 1. The normalized spacial score (nSPS) is 14.5. The topological polar surface area (TPSA) is 81.3 Å². The smallest absolute Gasteiger partial charge is 0.324 e. The molecule has 1 aromatic carbocycles. The lowest BCUT2D eigenvalue weighted by molar-refractivity contribution is -0.137. The molecule has 11 heteroatoms. The molecule has 0 aliphatic heterocycles. The van der Waals surface area contributed by atoms with Gasteiger partial charge < -0.3 is 5.32 Å². The molecule has 0 saturated heterocycles. The zero-order valence-corrected chi connectivity index (χ0v) is 17.6. The Morgan fingerprint density at radius 1 is 1.16 bits per heavy atom. The molecule has 32 heavy (non-hydrogen) atoms. The van der Waals surface area contributed by atoms with E-state index in [2.05, 4.69) is 15.4 Å². The number of alkyl halides is 3. The number of anilines is 1. The summed E-state index contributed by atoms with van der Waals surface area (Å²) >= 11 is 1.60. The third-order valence-corrected chi connectivity index (χ3v) is 6.79.